The van der Waals surface area contributed by atoms with Crippen LogP contribution in [-0.4, -0.2) is 12.5 Å². The van der Waals surface area contributed by atoms with Gasteiger partial charge in [0.25, 0.3) is 5.91 Å². The van der Waals surface area contributed by atoms with Crippen LogP contribution >= 0.6 is 23.2 Å². The minimum atomic E-state index is -0.115. The zero-order chi connectivity index (χ0) is 17.8. The number of rotatable bonds is 12. The number of nitrogens with one attached hydrogen (secondary N) is 1. The lowest BCUT2D eigenvalue weighted by Gasteiger charge is -2.09. The average molecular weight is 372 g/mol. The Labute approximate surface area is 157 Å². The van der Waals surface area contributed by atoms with Crippen LogP contribution in [0.3, 0.4) is 0 Å². The van der Waals surface area contributed by atoms with Crippen LogP contribution in [0.1, 0.15) is 87.1 Å². The smallest absolute Gasteiger partial charge is 0.252 e. The van der Waals surface area contributed by atoms with Crippen molar-refractivity contribution in [3.8, 4) is 0 Å². The normalized spacial score (nSPS) is 10.8. The molecule has 1 amide bonds. The molecule has 1 N–H and O–H groups in total. The van der Waals surface area contributed by atoms with Gasteiger partial charge in [-0.2, -0.15) is 0 Å². The molecule has 1 aromatic rings. The first kappa shape index (κ1) is 21.3. The molecule has 0 fully saturated rings. The van der Waals surface area contributed by atoms with E-state index in [2.05, 4.69) is 12.2 Å². The molecule has 0 saturated carbocycles. The fourth-order valence-corrected chi connectivity index (χ4v) is 3.21. The van der Waals surface area contributed by atoms with Gasteiger partial charge in [-0.1, -0.05) is 87.9 Å². The van der Waals surface area contributed by atoms with E-state index in [-0.39, 0.29) is 5.91 Å². The van der Waals surface area contributed by atoms with E-state index in [1.54, 1.807) is 12.1 Å². The molecule has 2 nitrogen and oxygen atoms in total. The first-order chi connectivity index (χ1) is 11.6. The van der Waals surface area contributed by atoms with Crippen molar-refractivity contribution in [2.24, 2.45) is 0 Å². The van der Waals surface area contributed by atoms with Gasteiger partial charge in [-0.15, -0.1) is 0 Å². The van der Waals surface area contributed by atoms with E-state index in [1.807, 2.05) is 6.92 Å². The van der Waals surface area contributed by atoms with Gasteiger partial charge in [0.15, 0.2) is 0 Å². The summed E-state index contributed by atoms with van der Waals surface area (Å²) in [5.41, 5.74) is 1.37. The Hall–Kier alpha value is -0.730. The summed E-state index contributed by atoms with van der Waals surface area (Å²) in [7, 11) is 0. The summed E-state index contributed by atoms with van der Waals surface area (Å²) in [6, 6.07) is 3.38. The van der Waals surface area contributed by atoms with E-state index in [1.165, 1.54) is 57.8 Å². The molecular weight excluding hydrogens is 341 g/mol. The van der Waals surface area contributed by atoms with Gasteiger partial charge in [-0.3, -0.25) is 4.79 Å². The van der Waals surface area contributed by atoms with Crippen LogP contribution in [0.25, 0.3) is 0 Å². The third kappa shape index (κ3) is 8.39. The molecule has 0 aliphatic carbocycles. The van der Waals surface area contributed by atoms with Gasteiger partial charge in [0.2, 0.25) is 0 Å². The van der Waals surface area contributed by atoms with E-state index >= 15 is 0 Å². The summed E-state index contributed by atoms with van der Waals surface area (Å²) in [5.74, 6) is -0.115. The monoisotopic (exact) mass is 371 g/mol. The number of carbonyl (C=O) groups excluding carboxylic acids is 1. The summed E-state index contributed by atoms with van der Waals surface area (Å²) in [5, 5.41) is 3.94. The topological polar surface area (TPSA) is 29.1 Å². The Balaban J connectivity index is 2.09. The van der Waals surface area contributed by atoms with Crippen molar-refractivity contribution in [2.75, 3.05) is 6.54 Å². The molecule has 24 heavy (non-hydrogen) atoms. The second-order valence-electron chi connectivity index (χ2n) is 6.52. The molecule has 0 bridgehead atoms. The van der Waals surface area contributed by atoms with Crippen molar-refractivity contribution in [1.82, 2.24) is 5.32 Å². The molecule has 0 spiro atoms. The van der Waals surface area contributed by atoms with E-state index in [4.69, 9.17) is 23.2 Å². The highest BCUT2D eigenvalue weighted by Crippen LogP contribution is 2.24. The average Bonchev–Trinajstić information content (AvgIpc) is 2.55. The molecule has 4 heteroatoms. The molecule has 1 rings (SSSR count). The molecule has 0 atom stereocenters. The van der Waals surface area contributed by atoms with Crippen molar-refractivity contribution in [1.29, 1.82) is 0 Å². The third-order valence-corrected chi connectivity index (χ3v) is 5.03. The second-order valence-corrected chi connectivity index (χ2v) is 7.33. The Bertz CT molecular complexity index is 503. The summed E-state index contributed by atoms with van der Waals surface area (Å²) in [6.07, 6.45) is 12.9. The Morgan fingerprint density at radius 3 is 2.00 bits per heavy atom. The van der Waals surface area contributed by atoms with Crippen molar-refractivity contribution in [3.63, 3.8) is 0 Å². The first-order valence-electron chi connectivity index (χ1n) is 9.30. The molecular formula is C20H31Cl2NO. The van der Waals surface area contributed by atoms with E-state index in [0.717, 1.165) is 12.0 Å². The predicted octanol–water partition coefficient (Wildman–Crippen LogP) is 6.95. The van der Waals surface area contributed by atoms with Crippen molar-refractivity contribution in [3.05, 3.63) is 33.3 Å². The molecule has 0 heterocycles. The molecule has 0 saturated heterocycles. The highest BCUT2D eigenvalue weighted by Gasteiger charge is 2.11. The van der Waals surface area contributed by atoms with Gasteiger partial charge < -0.3 is 5.32 Å². The SMILES string of the molecule is CCCCCCCCCCCCNC(=O)c1cc(C)c(Cl)cc1Cl. The molecule has 0 aliphatic heterocycles. The van der Waals surface area contributed by atoms with Crippen LogP contribution in [0.5, 0.6) is 0 Å². The van der Waals surface area contributed by atoms with Gasteiger partial charge in [0.05, 0.1) is 10.6 Å². The fraction of sp³-hybridized carbons (Fsp3) is 0.650. The summed E-state index contributed by atoms with van der Waals surface area (Å²) < 4.78 is 0. The summed E-state index contributed by atoms with van der Waals surface area (Å²) in [6.45, 7) is 4.83. The number of hydrogen-bond donors (Lipinski definition) is 1. The molecule has 0 aromatic heterocycles. The van der Waals surface area contributed by atoms with Crippen LogP contribution in [0, 0.1) is 6.92 Å². The number of unbranched alkanes of at least 4 members (excludes halogenated alkanes) is 9. The maximum atomic E-state index is 12.2. The number of aryl methyl sites for hydroxylation is 1. The highest BCUT2D eigenvalue weighted by atomic mass is 35.5. The number of amides is 1. The van der Waals surface area contributed by atoms with Crippen molar-refractivity contribution < 1.29 is 4.79 Å². The zero-order valence-electron chi connectivity index (χ0n) is 15.1. The van der Waals surface area contributed by atoms with E-state index < -0.39 is 0 Å². The number of carbonyl (C=O) groups is 1. The molecule has 0 aliphatic rings. The molecule has 136 valence electrons. The fourth-order valence-electron chi connectivity index (χ4n) is 2.74. The maximum Gasteiger partial charge on any atom is 0.252 e. The maximum absolute atomic E-state index is 12.2. The largest absolute Gasteiger partial charge is 0.352 e. The van der Waals surface area contributed by atoms with Crippen LogP contribution < -0.4 is 5.32 Å². The quantitative estimate of drug-likeness (QED) is 0.395. The highest BCUT2D eigenvalue weighted by molar-refractivity contribution is 6.37. The Morgan fingerprint density at radius 1 is 0.875 bits per heavy atom. The summed E-state index contributed by atoms with van der Waals surface area (Å²) in [4.78, 5) is 12.2. The van der Waals surface area contributed by atoms with Crippen LogP contribution in [0.4, 0.5) is 0 Å². The standard InChI is InChI=1S/C20H31Cl2NO/c1-3-4-5-6-7-8-9-10-11-12-13-23-20(24)17-14-16(2)18(21)15-19(17)22/h14-15H,3-13H2,1-2H3,(H,23,24). The Kier molecular flexibility index (Phi) is 11.2. The number of halogens is 2. The van der Waals surface area contributed by atoms with Crippen LogP contribution in [-0.2, 0) is 0 Å². The lowest BCUT2D eigenvalue weighted by molar-refractivity contribution is 0.0953. The van der Waals surface area contributed by atoms with Gasteiger partial charge in [0, 0.05) is 11.6 Å². The number of benzene rings is 1. The van der Waals surface area contributed by atoms with Gasteiger partial charge in [-0.25, -0.2) is 0 Å². The minimum absolute atomic E-state index is 0.115. The first-order valence-corrected chi connectivity index (χ1v) is 10.1. The predicted molar refractivity (Wildman–Crippen MR) is 105 cm³/mol. The van der Waals surface area contributed by atoms with Crippen LogP contribution in [0.15, 0.2) is 12.1 Å². The van der Waals surface area contributed by atoms with Crippen LogP contribution in [0.2, 0.25) is 10.0 Å². The van der Waals surface area contributed by atoms with Crippen molar-refractivity contribution in [2.45, 2.75) is 78.1 Å². The Morgan fingerprint density at radius 2 is 1.42 bits per heavy atom. The van der Waals surface area contributed by atoms with E-state index in [0.29, 0.717) is 22.2 Å². The third-order valence-electron chi connectivity index (χ3n) is 4.31. The molecule has 1 aromatic carbocycles. The van der Waals surface area contributed by atoms with E-state index in [9.17, 15) is 4.79 Å². The summed E-state index contributed by atoms with van der Waals surface area (Å²) >= 11 is 12.1. The lowest BCUT2D eigenvalue weighted by Crippen LogP contribution is -2.24. The van der Waals surface area contributed by atoms with Gasteiger partial charge in [0.1, 0.15) is 0 Å². The van der Waals surface area contributed by atoms with Gasteiger partial charge >= 0.3 is 0 Å². The zero-order valence-corrected chi connectivity index (χ0v) is 16.6. The van der Waals surface area contributed by atoms with Gasteiger partial charge in [-0.05, 0) is 31.0 Å². The number of hydrogen-bond acceptors (Lipinski definition) is 1. The molecule has 0 unspecified atom stereocenters. The van der Waals surface area contributed by atoms with Crippen molar-refractivity contribution >= 4 is 29.1 Å². The molecule has 0 radical (unpaired) electrons. The lowest BCUT2D eigenvalue weighted by atomic mass is 10.1. The minimum Gasteiger partial charge on any atom is -0.352 e. The second kappa shape index (κ2) is 12.6.